The summed E-state index contributed by atoms with van der Waals surface area (Å²) in [6.07, 6.45) is 0.410. The molecule has 0 spiro atoms. The minimum absolute atomic E-state index is 0.0226. The fraction of sp³-hybridized carbons (Fsp3) is 0.523. The van der Waals surface area contributed by atoms with E-state index in [1.165, 1.54) is 4.31 Å². The van der Waals surface area contributed by atoms with Gasteiger partial charge in [-0.1, -0.05) is 76.2 Å². The van der Waals surface area contributed by atoms with E-state index >= 15 is 0 Å². The zero-order chi connectivity index (χ0) is 41.6. The molecule has 0 aromatic heterocycles. The molecule has 3 aromatic carbocycles. The Balaban J connectivity index is 1.09. The smallest absolute Gasteiger partial charge is 0.355 e. The quantitative estimate of drug-likeness (QED) is 0.112. The number of primary amides is 1. The Kier molecular flexibility index (Phi) is 10.0. The van der Waals surface area contributed by atoms with Crippen LogP contribution in [-0.2, 0) is 46.6 Å². The van der Waals surface area contributed by atoms with Crippen molar-refractivity contribution in [2.45, 2.75) is 82.8 Å². The van der Waals surface area contributed by atoms with Crippen LogP contribution in [0.2, 0.25) is 18.1 Å². The van der Waals surface area contributed by atoms with E-state index in [0.29, 0.717) is 23.2 Å². The second-order valence-corrected chi connectivity index (χ2v) is 25.7. The van der Waals surface area contributed by atoms with Gasteiger partial charge in [-0.3, -0.25) is 13.9 Å². The number of quaternary nitrogens is 2. The molecule has 2 bridgehead atoms. The van der Waals surface area contributed by atoms with Crippen LogP contribution in [0.5, 0.6) is 0 Å². The SMILES string of the molecule is C[C@@H](O[Si](C)(C)C(C)(C)C)[C@H]1C(=O)N2C(C(=O)OCc3ccccc3)=C(CN3c4cccc5c(CC[N+]67CC[N+](CC(N)=O)(CC6)CC7)ccc(c45)S3(=O)=O)[C@H](C)[C@H]12. The van der Waals surface area contributed by atoms with Crippen molar-refractivity contribution in [1.29, 1.82) is 0 Å². The van der Waals surface area contributed by atoms with Gasteiger partial charge in [0.15, 0.2) is 14.9 Å². The Morgan fingerprint density at radius 2 is 1.60 bits per heavy atom. The van der Waals surface area contributed by atoms with E-state index in [9.17, 15) is 22.8 Å². The largest absolute Gasteiger partial charge is 0.456 e. The van der Waals surface area contributed by atoms with Gasteiger partial charge in [0.1, 0.15) is 51.6 Å². The van der Waals surface area contributed by atoms with Crippen molar-refractivity contribution in [3.8, 4) is 0 Å². The predicted molar refractivity (Wildman–Crippen MR) is 225 cm³/mol. The number of carbonyl (C=O) groups is 3. The van der Waals surface area contributed by atoms with Gasteiger partial charge >= 0.3 is 5.97 Å². The average molecular weight is 830 g/mol. The molecule has 0 radical (unpaired) electrons. The van der Waals surface area contributed by atoms with Crippen molar-refractivity contribution in [2.75, 3.05) is 63.2 Å². The lowest BCUT2D eigenvalue weighted by Crippen LogP contribution is -2.76. The topological polar surface area (TPSA) is 136 Å². The maximum atomic E-state index is 14.6. The lowest BCUT2D eigenvalue weighted by atomic mass is 9.77. The van der Waals surface area contributed by atoms with Crippen molar-refractivity contribution in [3.63, 3.8) is 0 Å². The van der Waals surface area contributed by atoms with Gasteiger partial charge in [-0.2, -0.15) is 0 Å². The second kappa shape index (κ2) is 14.3. The maximum Gasteiger partial charge on any atom is 0.355 e. The first-order valence-corrected chi connectivity index (χ1v) is 25.1. The highest BCUT2D eigenvalue weighted by Gasteiger charge is 2.61. The number of piperazine rings is 3. The Morgan fingerprint density at radius 3 is 2.24 bits per heavy atom. The van der Waals surface area contributed by atoms with E-state index in [2.05, 4.69) is 33.9 Å². The summed E-state index contributed by atoms with van der Waals surface area (Å²) in [6, 6.07) is 18.5. The number of benzene rings is 3. The molecule has 6 aliphatic heterocycles. The van der Waals surface area contributed by atoms with Gasteiger partial charge in [0.05, 0.1) is 41.7 Å². The molecule has 4 saturated heterocycles. The summed E-state index contributed by atoms with van der Waals surface area (Å²) in [5, 5.41) is 1.55. The Hall–Kier alpha value is -4.08. The molecule has 58 heavy (non-hydrogen) atoms. The van der Waals surface area contributed by atoms with Crippen LogP contribution in [0.15, 0.2) is 76.8 Å². The molecular weight excluding hydrogens is 771 g/mol. The van der Waals surface area contributed by atoms with E-state index in [4.69, 9.17) is 14.9 Å². The Morgan fingerprint density at radius 1 is 0.948 bits per heavy atom. The average Bonchev–Trinajstić information content (AvgIpc) is 3.54. The third-order valence-electron chi connectivity index (χ3n) is 14.7. The molecule has 6 aliphatic rings. The van der Waals surface area contributed by atoms with Crippen molar-refractivity contribution >= 4 is 52.6 Å². The summed E-state index contributed by atoms with van der Waals surface area (Å²) in [5.41, 5.74) is 8.81. The van der Waals surface area contributed by atoms with E-state index < -0.39 is 30.2 Å². The van der Waals surface area contributed by atoms with E-state index in [-0.39, 0.29) is 58.7 Å². The number of carbonyl (C=O) groups excluding carboxylic acids is 3. The molecule has 0 saturated carbocycles. The lowest BCUT2D eigenvalue weighted by Gasteiger charge is -2.55. The molecular formula is C44H59N5O7SSi+2. The van der Waals surface area contributed by atoms with Gasteiger partial charge in [-0.25, -0.2) is 13.2 Å². The van der Waals surface area contributed by atoms with Crippen molar-refractivity contribution in [3.05, 3.63) is 83.1 Å². The Labute approximate surface area is 343 Å². The molecule has 2 amide bonds. The van der Waals surface area contributed by atoms with Crippen LogP contribution in [0, 0.1) is 11.8 Å². The predicted octanol–water partition coefficient (Wildman–Crippen LogP) is 4.92. The van der Waals surface area contributed by atoms with Gasteiger partial charge in [0.2, 0.25) is 5.91 Å². The number of hydrogen-bond acceptors (Lipinski definition) is 7. The highest BCUT2D eigenvalue weighted by atomic mass is 32.2. The number of fused-ring (bicyclic) bond motifs is 4. The maximum absolute atomic E-state index is 14.6. The van der Waals surface area contributed by atoms with Crippen LogP contribution in [0.1, 0.15) is 45.7 Å². The molecule has 3 aromatic rings. The molecule has 0 unspecified atom stereocenters. The fourth-order valence-electron chi connectivity index (χ4n) is 10.2. The van der Waals surface area contributed by atoms with Gasteiger partial charge in [-0.15, -0.1) is 0 Å². The van der Waals surface area contributed by atoms with Gasteiger partial charge < -0.3 is 28.8 Å². The van der Waals surface area contributed by atoms with E-state index in [1.807, 2.05) is 68.4 Å². The van der Waals surface area contributed by atoms with Gasteiger partial charge in [0, 0.05) is 17.7 Å². The monoisotopic (exact) mass is 829 g/mol. The lowest BCUT2D eigenvalue weighted by molar-refractivity contribution is -1.08. The minimum atomic E-state index is -4.01. The molecule has 4 atom stereocenters. The summed E-state index contributed by atoms with van der Waals surface area (Å²) in [7, 11) is -6.25. The molecule has 12 nitrogen and oxygen atoms in total. The third-order valence-corrected chi connectivity index (χ3v) is 21.1. The van der Waals surface area contributed by atoms with Crippen LogP contribution < -0.4 is 10.0 Å². The first-order chi connectivity index (χ1) is 27.3. The van der Waals surface area contributed by atoms with E-state index in [0.717, 1.165) is 77.7 Å². The summed E-state index contributed by atoms with van der Waals surface area (Å²) >= 11 is 0. The molecule has 2 N–H and O–H groups in total. The van der Waals surface area contributed by atoms with Crippen molar-refractivity contribution < 1.29 is 40.9 Å². The normalized spacial score (nSPS) is 27.8. The molecule has 6 heterocycles. The molecule has 14 heteroatoms. The minimum Gasteiger partial charge on any atom is -0.456 e. The van der Waals surface area contributed by atoms with Gasteiger partial charge in [0.25, 0.3) is 15.9 Å². The highest BCUT2D eigenvalue weighted by molar-refractivity contribution is 7.93. The van der Waals surface area contributed by atoms with Crippen LogP contribution in [0.4, 0.5) is 5.69 Å². The summed E-state index contributed by atoms with van der Waals surface area (Å²) in [4.78, 5) is 42.0. The van der Waals surface area contributed by atoms with Crippen molar-refractivity contribution in [2.24, 2.45) is 17.6 Å². The first kappa shape index (κ1) is 40.7. The van der Waals surface area contributed by atoms with Crippen LogP contribution in [-0.4, -0.2) is 119 Å². The fourth-order valence-corrected chi connectivity index (χ4v) is 13.3. The van der Waals surface area contributed by atoms with Crippen LogP contribution in [0.25, 0.3) is 10.8 Å². The van der Waals surface area contributed by atoms with Crippen LogP contribution in [0.3, 0.4) is 0 Å². The zero-order valence-corrected chi connectivity index (χ0v) is 36.8. The summed E-state index contributed by atoms with van der Waals surface area (Å²) in [5.74, 6) is -1.89. The number of nitrogens with two attached hydrogens (primary N) is 1. The second-order valence-electron chi connectivity index (χ2n) is 19.1. The Bertz CT molecular complexity index is 2300. The number of esters is 1. The first-order valence-electron chi connectivity index (χ1n) is 20.8. The number of amides is 2. The van der Waals surface area contributed by atoms with E-state index in [1.54, 1.807) is 11.0 Å². The third kappa shape index (κ3) is 6.68. The number of ether oxygens (including phenoxy) is 1. The molecule has 4 fully saturated rings. The molecule has 9 rings (SSSR count). The van der Waals surface area contributed by atoms with Crippen molar-refractivity contribution in [1.82, 2.24) is 4.90 Å². The number of nitrogens with zero attached hydrogens (tertiary/aromatic N) is 4. The highest BCUT2D eigenvalue weighted by Crippen LogP contribution is 2.51. The van der Waals surface area contributed by atoms with Gasteiger partial charge in [-0.05, 0) is 59.3 Å². The van der Waals surface area contributed by atoms with Crippen LogP contribution >= 0.6 is 0 Å². The summed E-state index contributed by atoms with van der Waals surface area (Å²) < 4.78 is 45.0. The number of β-lactam (4-membered cyclic amide) rings is 1. The standard InChI is InChI=1S/C44H58N5O7SSi/c1-29-34(41(43(52)55-28-31-12-9-8-10-13-31)47-40(29)38(42(47)51)30(2)56-58(6,7)44(3,4)5)26-46-35-15-11-14-33-32(16-17-36(39(33)35)57(46,53)54)18-19-48-20-23-49(24-21-48,25-22-48)27-37(45)50/h8-17,29-30,38,40H,18-28H2,1-7H3,(H-,45,50)/q+1/p+1/t29-,30+,38+,40+,48?,49?/m0/s1. The number of rotatable bonds is 13. The number of hydrogen-bond donors (Lipinski definition) is 1. The zero-order valence-electron chi connectivity index (χ0n) is 35.0. The number of anilines is 1. The summed E-state index contributed by atoms with van der Waals surface area (Å²) in [6.45, 7) is 21.9. The molecule has 310 valence electrons. The molecule has 0 aliphatic carbocycles. The number of sulfonamides is 1.